The van der Waals surface area contributed by atoms with E-state index in [1.54, 1.807) is 6.92 Å². The van der Waals surface area contributed by atoms with Crippen LogP contribution in [0, 0.1) is 4.91 Å². The van der Waals surface area contributed by atoms with E-state index in [9.17, 15) is 14.5 Å². The van der Waals surface area contributed by atoms with Crippen LogP contribution in [-0.2, 0) is 11.8 Å². The first kappa shape index (κ1) is 13.0. The van der Waals surface area contributed by atoms with Gasteiger partial charge < -0.3 is 4.42 Å². The van der Waals surface area contributed by atoms with Gasteiger partial charge in [-0.3, -0.25) is 4.79 Å². The maximum atomic E-state index is 11.2. The van der Waals surface area contributed by atoms with Crippen LogP contribution in [-0.4, -0.2) is 22.6 Å². The van der Waals surface area contributed by atoms with E-state index in [1.165, 1.54) is 7.05 Å². The van der Waals surface area contributed by atoms with E-state index in [4.69, 9.17) is 4.42 Å². The topological polar surface area (TPSA) is 94.5 Å². The first-order chi connectivity index (χ1) is 8.13. The van der Waals surface area contributed by atoms with Crippen molar-refractivity contribution in [2.24, 2.45) is 12.2 Å². The van der Waals surface area contributed by atoms with Crippen molar-refractivity contribution in [1.82, 2.24) is 9.78 Å². The van der Waals surface area contributed by atoms with Crippen LogP contribution in [0.15, 0.2) is 20.0 Å². The summed E-state index contributed by atoms with van der Waals surface area (Å²) < 4.78 is 5.92. The summed E-state index contributed by atoms with van der Waals surface area (Å²) in [6.07, 6.45) is 1.37. The number of aldehydes is 1. The van der Waals surface area contributed by atoms with Gasteiger partial charge >= 0.3 is 5.76 Å². The van der Waals surface area contributed by atoms with E-state index in [-0.39, 0.29) is 18.9 Å². The minimum atomic E-state index is -0.613. The molecule has 17 heavy (non-hydrogen) atoms. The second kappa shape index (κ2) is 5.88. The van der Waals surface area contributed by atoms with Gasteiger partial charge in [-0.15, -0.1) is 5.10 Å². The Kier molecular flexibility index (Phi) is 4.50. The molecule has 1 aromatic heterocycles. The fourth-order valence-electron chi connectivity index (χ4n) is 1.40. The molecule has 0 N–H and O–H groups in total. The van der Waals surface area contributed by atoms with Gasteiger partial charge in [-0.2, -0.15) is 9.59 Å². The summed E-state index contributed by atoms with van der Waals surface area (Å²) in [5.41, 5.74) is 0.912. The van der Waals surface area contributed by atoms with Gasteiger partial charge in [-0.05, 0) is 6.42 Å². The zero-order valence-corrected chi connectivity index (χ0v) is 9.67. The molecule has 0 radical (unpaired) electrons. The average molecular weight is 239 g/mol. The molecule has 0 amide bonds. The molecule has 0 unspecified atom stereocenters. The largest absolute Gasteiger partial charge is 0.437 e. The highest BCUT2D eigenvalue weighted by Crippen LogP contribution is 2.20. The van der Waals surface area contributed by atoms with Gasteiger partial charge in [-0.1, -0.05) is 12.1 Å². The van der Waals surface area contributed by atoms with Gasteiger partial charge in [0.2, 0.25) is 5.89 Å². The summed E-state index contributed by atoms with van der Waals surface area (Å²) in [5.74, 6) is -0.539. The van der Waals surface area contributed by atoms with Gasteiger partial charge in [0.05, 0.1) is 6.54 Å². The Bertz CT molecular complexity index is 498. The lowest BCUT2D eigenvalue weighted by Crippen LogP contribution is -2.09. The third-order valence-electron chi connectivity index (χ3n) is 2.31. The lowest BCUT2D eigenvalue weighted by Gasteiger charge is -2.03. The molecule has 0 aromatic carbocycles. The van der Waals surface area contributed by atoms with E-state index in [0.717, 1.165) is 4.68 Å². The van der Waals surface area contributed by atoms with Crippen molar-refractivity contribution in [3.8, 4) is 0 Å². The normalized spacial score (nSPS) is 12.1. The van der Waals surface area contributed by atoms with Crippen molar-refractivity contribution in [2.45, 2.75) is 19.8 Å². The minimum absolute atomic E-state index is 0.00690. The van der Waals surface area contributed by atoms with E-state index in [0.29, 0.717) is 23.9 Å². The highest BCUT2D eigenvalue weighted by molar-refractivity contribution is 5.86. The number of aryl methyl sites for hydroxylation is 1. The number of hydrogen-bond acceptors (Lipinski definition) is 6. The number of hydrogen-bond donors (Lipinski definition) is 0. The van der Waals surface area contributed by atoms with Crippen LogP contribution in [0.5, 0.6) is 0 Å². The van der Waals surface area contributed by atoms with Crippen LogP contribution in [0.2, 0.25) is 0 Å². The Balaban J connectivity index is 3.22. The summed E-state index contributed by atoms with van der Waals surface area (Å²) in [4.78, 5) is 32.2. The molecule has 0 aliphatic rings. The van der Waals surface area contributed by atoms with Crippen molar-refractivity contribution in [2.75, 3.05) is 6.54 Å². The minimum Gasteiger partial charge on any atom is -0.388 e. The van der Waals surface area contributed by atoms with Gasteiger partial charge in [-0.25, -0.2) is 4.79 Å². The molecule has 0 spiro atoms. The second-order valence-corrected chi connectivity index (χ2v) is 3.37. The third-order valence-corrected chi connectivity index (χ3v) is 2.31. The van der Waals surface area contributed by atoms with Crippen LogP contribution in [0.4, 0.5) is 0 Å². The van der Waals surface area contributed by atoms with E-state index >= 15 is 0 Å². The molecule has 0 aliphatic heterocycles. The number of nitroso groups, excluding NO2 is 1. The number of nitrogens with zero attached hydrogens (tertiary/aromatic N) is 3. The Morgan fingerprint density at radius 3 is 2.71 bits per heavy atom. The SMILES string of the molecule is CC/C(C=O)=C(/CCN=O)c1nn(C)c(=O)o1. The van der Waals surface area contributed by atoms with E-state index < -0.39 is 5.76 Å². The van der Waals surface area contributed by atoms with Crippen molar-refractivity contribution in [1.29, 1.82) is 0 Å². The third kappa shape index (κ3) is 2.96. The molecule has 7 nitrogen and oxygen atoms in total. The number of aromatic nitrogens is 2. The zero-order chi connectivity index (χ0) is 12.8. The predicted octanol–water partition coefficient (Wildman–Crippen LogP) is 0.892. The van der Waals surface area contributed by atoms with Crippen LogP contribution < -0.4 is 5.76 Å². The van der Waals surface area contributed by atoms with Gasteiger partial charge in [0.15, 0.2) is 0 Å². The van der Waals surface area contributed by atoms with Crippen molar-refractivity contribution >= 4 is 11.9 Å². The summed E-state index contributed by atoms with van der Waals surface area (Å²) >= 11 is 0. The summed E-state index contributed by atoms with van der Waals surface area (Å²) in [7, 11) is 1.44. The summed E-state index contributed by atoms with van der Waals surface area (Å²) in [6, 6.07) is 0. The number of rotatable bonds is 6. The summed E-state index contributed by atoms with van der Waals surface area (Å²) in [6.45, 7) is 1.80. The van der Waals surface area contributed by atoms with Crippen molar-refractivity contribution in [3.05, 3.63) is 26.9 Å². The lowest BCUT2D eigenvalue weighted by atomic mass is 10.0. The lowest BCUT2D eigenvalue weighted by molar-refractivity contribution is -0.105. The molecule has 7 heteroatoms. The molecule has 1 rings (SSSR count). The Hall–Kier alpha value is -2.05. The zero-order valence-electron chi connectivity index (χ0n) is 9.67. The monoisotopic (exact) mass is 239 g/mol. The van der Waals surface area contributed by atoms with Gasteiger partial charge in [0, 0.05) is 24.6 Å². The van der Waals surface area contributed by atoms with Crippen LogP contribution in [0.25, 0.3) is 5.57 Å². The van der Waals surface area contributed by atoms with E-state index in [2.05, 4.69) is 10.3 Å². The molecular weight excluding hydrogens is 226 g/mol. The van der Waals surface area contributed by atoms with E-state index in [1.807, 2.05) is 0 Å². The molecule has 0 saturated carbocycles. The Labute approximate surface area is 97.1 Å². The Morgan fingerprint density at radius 1 is 1.59 bits per heavy atom. The number of carbonyl (C=O) groups excluding carboxylic acids is 1. The Morgan fingerprint density at radius 2 is 2.29 bits per heavy atom. The van der Waals surface area contributed by atoms with Crippen molar-refractivity contribution in [3.63, 3.8) is 0 Å². The first-order valence-electron chi connectivity index (χ1n) is 5.14. The van der Waals surface area contributed by atoms with Crippen LogP contribution in [0.1, 0.15) is 25.7 Å². The predicted molar refractivity (Wildman–Crippen MR) is 60.3 cm³/mol. The first-order valence-corrected chi connectivity index (χ1v) is 5.14. The molecule has 1 aromatic rings. The molecule has 0 saturated heterocycles. The quantitative estimate of drug-likeness (QED) is 0.417. The molecule has 0 fully saturated rings. The molecule has 0 atom stereocenters. The maximum absolute atomic E-state index is 11.2. The van der Waals surface area contributed by atoms with Gasteiger partial charge in [0.25, 0.3) is 0 Å². The number of carbonyl (C=O) groups is 1. The standard InChI is InChI=1S/C10H13N3O4/c1-3-7(6-14)8(4-5-11-16)9-12-13(2)10(15)17-9/h6H,3-5H2,1-2H3/b8-7+. The number of allylic oxidation sites excluding steroid dienone is 1. The molecule has 0 bridgehead atoms. The molecular formula is C10H13N3O4. The fraction of sp³-hybridized carbons (Fsp3) is 0.500. The smallest absolute Gasteiger partial charge is 0.388 e. The highest BCUT2D eigenvalue weighted by Gasteiger charge is 2.15. The second-order valence-electron chi connectivity index (χ2n) is 3.37. The van der Waals surface area contributed by atoms with Crippen molar-refractivity contribution < 1.29 is 9.21 Å². The fourth-order valence-corrected chi connectivity index (χ4v) is 1.40. The van der Waals surface area contributed by atoms with Crippen LogP contribution >= 0.6 is 0 Å². The average Bonchev–Trinajstić information content (AvgIpc) is 2.65. The molecule has 92 valence electrons. The molecule has 0 aliphatic carbocycles. The highest BCUT2D eigenvalue weighted by atomic mass is 16.4. The molecule has 1 heterocycles. The van der Waals surface area contributed by atoms with Gasteiger partial charge in [0.1, 0.15) is 6.29 Å². The maximum Gasteiger partial charge on any atom is 0.437 e. The van der Waals surface area contributed by atoms with Crippen LogP contribution in [0.3, 0.4) is 0 Å². The summed E-state index contributed by atoms with van der Waals surface area (Å²) in [5, 5.41) is 6.58.